The monoisotopic (exact) mass is 230 g/mol. The Morgan fingerprint density at radius 1 is 1.20 bits per heavy atom. The SMILES string of the molecule is Fc1ccccc1OC1CCNCC1.[Cl-]. The summed E-state index contributed by atoms with van der Waals surface area (Å²) in [7, 11) is 0. The Morgan fingerprint density at radius 2 is 1.87 bits per heavy atom. The lowest BCUT2D eigenvalue weighted by atomic mass is 10.1. The van der Waals surface area contributed by atoms with Crippen LogP contribution in [0.5, 0.6) is 5.75 Å². The van der Waals surface area contributed by atoms with E-state index in [-0.39, 0.29) is 24.3 Å². The maximum Gasteiger partial charge on any atom is 0.165 e. The van der Waals surface area contributed by atoms with Gasteiger partial charge in [-0.3, -0.25) is 0 Å². The summed E-state index contributed by atoms with van der Waals surface area (Å²) in [5.41, 5.74) is 0. The molecule has 0 aliphatic carbocycles. The fourth-order valence-corrected chi connectivity index (χ4v) is 1.63. The van der Waals surface area contributed by atoms with Crippen LogP contribution in [0, 0.1) is 5.82 Å². The van der Waals surface area contributed by atoms with Crippen LogP contribution >= 0.6 is 0 Å². The summed E-state index contributed by atoms with van der Waals surface area (Å²) in [6.07, 6.45) is 2.07. The molecule has 0 spiro atoms. The lowest BCUT2D eigenvalue weighted by Crippen LogP contribution is -3.00. The number of rotatable bonds is 2. The molecule has 1 aliphatic heterocycles. The Labute approximate surface area is 95.2 Å². The smallest absolute Gasteiger partial charge is 0.165 e. The van der Waals surface area contributed by atoms with Gasteiger partial charge in [0.25, 0.3) is 0 Å². The normalized spacial score (nSPS) is 16.9. The molecule has 1 saturated heterocycles. The Hall–Kier alpha value is -0.800. The molecule has 84 valence electrons. The minimum atomic E-state index is -0.272. The third-order valence-electron chi connectivity index (χ3n) is 2.42. The van der Waals surface area contributed by atoms with Crippen LogP contribution < -0.4 is 22.5 Å². The summed E-state index contributed by atoms with van der Waals surface area (Å²) in [4.78, 5) is 0. The van der Waals surface area contributed by atoms with Crippen LogP contribution in [0.4, 0.5) is 4.39 Å². The van der Waals surface area contributed by atoms with Gasteiger partial charge in [-0.2, -0.15) is 0 Å². The molecular formula is C11H14ClFNO-. The van der Waals surface area contributed by atoms with Crippen molar-refractivity contribution in [1.82, 2.24) is 5.32 Å². The number of hydrogen-bond donors (Lipinski definition) is 1. The molecule has 0 bridgehead atoms. The molecule has 1 aromatic rings. The molecule has 15 heavy (non-hydrogen) atoms. The lowest BCUT2D eigenvalue weighted by Gasteiger charge is -2.23. The van der Waals surface area contributed by atoms with E-state index in [2.05, 4.69) is 5.32 Å². The van der Waals surface area contributed by atoms with Crippen molar-refractivity contribution in [2.24, 2.45) is 0 Å². The molecule has 1 aliphatic rings. The minimum absolute atomic E-state index is 0. The first-order valence-corrected chi connectivity index (χ1v) is 4.98. The van der Waals surface area contributed by atoms with E-state index in [9.17, 15) is 4.39 Å². The van der Waals surface area contributed by atoms with Crippen molar-refractivity contribution in [1.29, 1.82) is 0 Å². The molecule has 0 aromatic heterocycles. The summed E-state index contributed by atoms with van der Waals surface area (Å²) < 4.78 is 18.8. The molecule has 1 fully saturated rings. The van der Waals surface area contributed by atoms with E-state index in [1.807, 2.05) is 0 Å². The van der Waals surface area contributed by atoms with Gasteiger partial charge >= 0.3 is 0 Å². The van der Waals surface area contributed by atoms with Crippen LogP contribution in [0.3, 0.4) is 0 Å². The molecule has 0 unspecified atom stereocenters. The average molecular weight is 231 g/mol. The summed E-state index contributed by atoms with van der Waals surface area (Å²) in [5, 5.41) is 3.24. The Balaban J connectivity index is 0.00000112. The van der Waals surface area contributed by atoms with Gasteiger partial charge in [-0.15, -0.1) is 0 Å². The first-order valence-electron chi connectivity index (χ1n) is 4.98. The molecule has 0 radical (unpaired) electrons. The molecule has 1 heterocycles. The summed E-state index contributed by atoms with van der Waals surface area (Å²) in [6.45, 7) is 1.91. The summed E-state index contributed by atoms with van der Waals surface area (Å²) in [6, 6.07) is 6.57. The van der Waals surface area contributed by atoms with E-state index < -0.39 is 0 Å². The second-order valence-electron chi connectivity index (χ2n) is 3.50. The fraction of sp³-hybridized carbons (Fsp3) is 0.455. The minimum Gasteiger partial charge on any atom is -1.00 e. The molecular weight excluding hydrogens is 217 g/mol. The van der Waals surface area contributed by atoms with Crippen molar-refractivity contribution in [3.05, 3.63) is 30.1 Å². The van der Waals surface area contributed by atoms with Crippen LogP contribution in [0.1, 0.15) is 12.8 Å². The molecule has 0 saturated carbocycles. The number of ether oxygens (including phenoxy) is 1. The maximum absolute atomic E-state index is 13.2. The number of para-hydroxylation sites is 1. The van der Waals surface area contributed by atoms with Crippen molar-refractivity contribution in [3.63, 3.8) is 0 Å². The van der Waals surface area contributed by atoms with Crippen LogP contribution in [-0.2, 0) is 0 Å². The van der Waals surface area contributed by atoms with Gasteiger partial charge in [-0.1, -0.05) is 12.1 Å². The van der Waals surface area contributed by atoms with Crippen LogP contribution in [0.25, 0.3) is 0 Å². The highest BCUT2D eigenvalue weighted by molar-refractivity contribution is 5.23. The number of halogens is 2. The van der Waals surface area contributed by atoms with Gasteiger partial charge < -0.3 is 22.5 Å². The van der Waals surface area contributed by atoms with Crippen molar-refractivity contribution < 1.29 is 21.5 Å². The highest BCUT2D eigenvalue weighted by atomic mass is 35.5. The van der Waals surface area contributed by atoms with Gasteiger partial charge in [0.1, 0.15) is 6.10 Å². The van der Waals surface area contributed by atoms with E-state index in [0.29, 0.717) is 5.75 Å². The quantitative estimate of drug-likeness (QED) is 0.701. The number of benzene rings is 1. The largest absolute Gasteiger partial charge is 1.00 e. The first kappa shape index (κ1) is 12.3. The van der Waals surface area contributed by atoms with E-state index in [1.165, 1.54) is 6.07 Å². The fourth-order valence-electron chi connectivity index (χ4n) is 1.63. The maximum atomic E-state index is 13.2. The molecule has 0 atom stereocenters. The number of nitrogens with one attached hydrogen (secondary N) is 1. The van der Waals surface area contributed by atoms with Crippen LogP contribution in [-0.4, -0.2) is 19.2 Å². The van der Waals surface area contributed by atoms with Crippen molar-refractivity contribution in [2.75, 3.05) is 13.1 Å². The van der Waals surface area contributed by atoms with E-state index in [0.717, 1.165) is 25.9 Å². The average Bonchev–Trinajstić information content (AvgIpc) is 2.23. The van der Waals surface area contributed by atoms with Gasteiger partial charge in [-0.25, -0.2) is 4.39 Å². The predicted octanol–water partition coefficient (Wildman–Crippen LogP) is -1.04. The summed E-state index contributed by atoms with van der Waals surface area (Å²) in [5.74, 6) is 0.102. The second kappa shape index (κ2) is 5.93. The van der Waals surface area contributed by atoms with Crippen LogP contribution in [0.15, 0.2) is 24.3 Å². The lowest BCUT2D eigenvalue weighted by molar-refractivity contribution is -0.00000447. The third kappa shape index (κ3) is 3.36. The van der Waals surface area contributed by atoms with Crippen molar-refractivity contribution in [3.8, 4) is 5.75 Å². The van der Waals surface area contributed by atoms with Crippen molar-refractivity contribution in [2.45, 2.75) is 18.9 Å². The Bertz CT molecular complexity index is 302. The zero-order valence-electron chi connectivity index (χ0n) is 8.38. The zero-order chi connectivity index (χ0) is 9.80. The summed E-state index contributed by atoms with van der Waals surface area (Å²) >= 11 is 0. The predicted molar refractivity (Wildman–Crippen MR) is 52.9 cm³/mol. The van der Waals surface area contributed by atoms with Gasteiger partial charge in [0, 0.05) is 0 Å². The highest BCUT2D eigenvalue weighted by Gasteiger charge is 2.15. The molecule has 1 aromatic carbocycles. The molecule has 2 nitrogen and oxygen atoms in total. The van der Waals surface area contributed by atoms with E-state index in [4.69, 9.17) is 4.74 Å². The third-order valence-corrected chi connectivity index (χ3v) is 2.42. The standard InChI is InChI=1S/C11H14FNO.ClH/c12-10-3-1-2-4-11(10)14-9-5-7-13-8-6-9;/h1-4,9,13H,5-8H2;1H/p-1. The molecule has 0 amide bonds. The van der Waals surface area contributed by atoms with E-state index >= 15 is 0 Å². The molecule has 1 N–H and O–H groups in total. The molecule has 2 rings (SSSR count). The zero-order valence-corrected chi connectivity index (χ0v) is 9.14. The van der Waals surface area contributed by atoms with Gasteiger partial charge in [0.05, 0.1) is 0 Å². The van der Waals surface area contributed by atoms with Crippen LogP contribution in [0.2, 0.25) is 0 Å². The first-order chi connectivity index (χ1) is 6.86. The van der Waals surface area contributed by atoms with Gasteiger partial charge in [0.15, 0.2) is 11.6 Å². The number of hydrogen-bond acceptors (Lipinski definition) is 2. The second-order valence-corrected chi connectivity index (χ2v) is 3.50. The van der Waals surface area contributed by atoms with Crippen molar-refractivity contribution >= 4 is 0 Å². The van der Waals surface area contributed by atoms with Gasteiger partial charge in [-0.05, 0) is 38.1 Å². The van der Waals surface area contributed by atoms with E-state index in [1.54, 1.807) is 18.2 Å². The Kier molecular flexibility index (Phi) is 4.85. The highest BCUT2D eigenvalue weighted by Crippen LogP contribution is 2.19. The Morgan fingerprint density at radius 3 is 2.53 bits per heavy atom. The topological polar surface area (TPSA) is 21.3 Å². The molecule has 4 heteroatoms. The van der Waals surface area contributed by atoms with Gasteiger partial charge in [0.2, 0.25) is 0 Å². The number of piperidine rings is 1.